The molecule has 2 amide bonds. The van der Waals surface area contributed by atoms with Crippen LogP contribution in [0.2, 0.25) is 0 Å². The highest BCUT2D eigenvalue weighted by Gasteiger charge is 2.25. The molecule has 1 aliphatic heterocycles. The van der Waals surface area contributed by atoms with Gasteiger partial charge in [-0.3, -0.25) is 14.9 Å². The first-order valence-electron chi connectivity index (χ1n) is 8.92. The van der Waals surface area contributed by atoms with Gasteiger partial charge in [-0.25, -0.2) is 0 Å². The van der Waals surface area contributed by atoms with Gasteiger partial charge in [-0.15, -0.1) is 0 Å². The fourth-order valence-electron chi connectivity index (χ4n) is 2.80. The third-order valence-corrected chi connectivity index (χ3v) is 4.96. The van der Waals surface area contributed by atoms with Gasteiger partial charge in [0.05, 0.1) is 4.91 Å². The van der Waals surface area contributed by atoms with Crippen LogP contribution < -0.4 is 5.32 Å². The molecule has 1 saturated heterocycles. The zero-order valence-electron chi connectivity index (χ0n) is 14.2. The Balaban J connectivity index is 2.44. The predicted octanol–water partition coefficient (Wildman–Crippen LogP) is 5.80. The molecule has 0 bridgehead atoms. The van der Waals surface area contributed by atoms with Gasteiger partial charge in [0.1, 0.15) is 0 Å². The third kappa shape index (κ3) is 8.02. The SMILES string of the molecule is CCCCCCCC(/C=C1\SC(=O)NC1=O)CCCCCC. The van der Waals surface area contributed by atoms with Crippen LogP contribution in [0.3, 0.4) is 0 Å². The van der Waals surface area contributed by atoms with Crippen LogP contribution in [0, 0.1) is 5.92 Å². The lowest BCUT2D eigenvalue weighted by Gasteiger charge is -2.13. The summed E-state index contributed by atoms with van der Waals surface area (Å²) in [5.74, 6) is 0.233. The third-order valence-electron chi connectivity index (χ3n) is 4.14. The molecule has 126 valence electrons. The zero-order chi connectivity index (χ0) is 16.2. The van der Waals surface area contributed by atoms with Gasteiger partial charge < -0.3 is 0 Å². The zero-order valence-corrected chi connectivity index (χ0v) is 15.0. The summed E-state index contributed by atoms with van der Waals surface area (Å²) in [7, 11) is 0. The summed E-state index contributed by atoms with van der Waals surface area (Å²) >= 11 is 1.05. The predicted molar refractivity (Wildman–Crippen MR) is 94.8 cm³/mol. The van der Waals surface area contributed by atoms with Crippen molar-refractivity contribution in [3.63, 3.8) is 0 Å². The number of hydrogen-bond acceptors (Lipinski definition) is 3. The molecule has 1 atom stereocenters. The van der Waals surface area contributed by atoms with Crippen molar-refractivity contribution in [2.45, 2.75) is 84.5 Å². The topological polar surface area (TPSA) is 46.2 Å². The highest BCUT2D eigenvalue weighted by molar-refractivity contribution is 8.18. The van der Waals surface area contributed by atoms with E-state index in [0.29, 0.717) is 10.8 Å². The van der Waals surface area contributed by atoms with Crippen LogP contribution in [-0.2, 0) is 4.79 Å². The summed E-state index contributed by atoms with van der Waals surface area (Å²) in [5.41, 5.74) is 0. The Labute approximate surface area is 139 Å². The van der Waals surface area contributed by atoms with E-state index in [2.05, 4.69) is 25.2 Å². The van der Waals surface area contributed by atoms with Crippen LogP contribution in [0.1, 0.15) is 84.5 Å². The summed E-state index contributed by atoms with van der Waals surface area (Å²) in [6, 6.07) is 0. The average Bonchev–Trinajstić information content (AvgIpc) is 2.80. The van der Waals surface area contributed by atoms with Crippen LogP contribution in [0.25, 0.3) is 0 Å². The van der Waals surface area contributed by atoms with Crippen molar-refractivity contribution >= 4 is 22.9 Å². The number of amides is 2. The monoisotopic (exact) mass is 325 g/mol. The molecule has 0 aromatic heterocycles. The molecule has 22 heavy (non-hydrogen) atoms. The molecule has 1 fully saturated rings. The molecule has 1 aliphatic rings. The van der Waals surface area contributed by atoms with E-state index in [0.717, 1.165) is 24.6 Å². The standard InChI is InChI=1S/C18H31NO2S/c1-3-5-7-9-11-13-15(12-10-8-6-4-2)14-16-17(20)19-18(21)22-16/h14-15H,3-13H2,1-2H3,(H,19,20,21)/b16-14-. The van der Waals surface area contributed by atoms with E-state index in [4.69, 9.17) is 0 Å². The number of thioether (sulfide) groups is 1. The molecule has 0 aromatic carbocycles. The molecule has 0 radical (unpaired) electrons. The fourth-order valence-corrected chi connectivity index (χ4v) is 3.55. The van der Waals surface area contributed by atoms with Crippen LogP contribution in [0.15, 0.2) is 11.0 Å². The molecule has 4 heteroatoms. The number of allylic oxidation sites excluding steroid dienone is 1. The van der Waals surface area contributed by atoms with E-state index < -0.39 is 0 Å². The van der Waals surface area contributed by atoms with Crippen molar-refractivity contribution in [3.05, 3.63) is 11.0 Å². The number of imide groups is 1. The van der Waals surface area contributed by atoms with Crippen LogP contribution in [-0.4, -0.2) is 11.1 Å². The largest absolute Gasteiger partial charge is 0.290 e. The van der Waals surface area contributed by atoms with Crippen molar-refractivity contribution in [2.24, 2.45) is 5.92 Å². The Morgan fingerprint density at radius 3 is 1.95 bits per heavy atom. The quantitative estimate of drug-likeness (QED) is 0.364. The molecular weight excluding hydrogens is 294 g/mol. The van der Waals surface area contributed by atoms with Crippen molar-refractivity contribution in [1.29, 1.82) is 0 Å². The van der Waals surface area contributed by atoms with E-state index >= 15 is 0 Å². The fraction of sp³-hybridized carbons (Fsp3) is 0.778. The lowest BCUT2D eigenvalue weighted by Crippen LogP contribution is -2.18. The summed E-state index contributed by atoms with van der Waals surface area (Å²) in [4.78, 5) is 23.6. The number of carbonyl (C=O) groups excluding carboxylic acids is 2. The second-order valence-corrected chi connectivity index (χ2v) is 7.20. The van der Waals surface area contributed by atoms with Crippen molar-refractivity contribution in [3.8, 4) is 0 Å². The molecule has 0 aliphatic carbocycles. The van der Waals surface area contributed by atoms with E-state index in [-0.39, 0.29) is 11.1 Å². The average molecular weight is 326 g/mol. The Morgan fingerprint density at radius 2 is 1.45 bits per heavy atom. The first-order valence-corrected chi connectivity index (χ1v) is 9.74. The summed E-state index contributed by atoms with van der Waals surface area (Å²) in [5, 5.41) is 2.12. The normalized spacial score (nSPS) is 18.0. The second kappa shape index (κ2) is 11.8. The van der Waals surface area contributed by atoms with Gasteiger partial charge in [0.2, 0.25) is 0 Å². The second-order valence-electron chi connectivity index (χ2n) is 6.19. The number of nitrogens with one attached hydrogen (secondary N) is 1. The van der Waals surface area contributed by atoms with Gasteiger partial charge in [0, 0.05) is 0 Å². The van der Waals surface area contributed by atoms with Crippen molar-refractivity contribution in [2.75, 3.05) is 0 Å². The van der Waals surface area contributed by atoms with E-state index in [9.17, 15) is 9.59 Å². The van der Waals surface area contributed by atoms with E-state index in [1.165, 1.54) is 57.8 Å². The van der Waals surface area contributed by atoms with Crippen LogP contribution in [0.5, 0.6) is 0 Å². The Morgan fingerprint density at radius 1 is 0.909 bits per heavy atom. The van der Waals surface area contributed by atoms with Gasteiger partial charge in [0.25, 0.3) is 11.1 Å². The van der Waals surface area contributed by atoms with Gasteiger partial charge in [0.15, 0.2) is 0 Å². The molecular formula is C18H31NO2S. The minimum atomic E-state index is -0.232. The lowest BCUT2D eigenvalue weighted by molar-refractivity contribution is -0.115. The molecule has 0 saturated carbocycles. The first kappa shape index (κ1) is 19.3. The van der Waals surface area contributed by atoms with Crippen LogP contribution in [0.4, 0.5) is 4.79 Å². The lowest BCUT2D eigenvalue weighted by atomic mass is 9.94. The van der Waals surface area contributed by atoms with E-state index in [1.807, 2.05) is 0 Å². The molecule has 1 rings (SSSR count). The number of carbonyl (C=O) groups is 2. The number of unbranched alkanes of at least 4 members (excludes halogenated alkanes) is 7. The summed E-state index contributed by atoms with van der Waals surface area (Å²) < 4.78 is 0. The Bertz CT molecular complexity index is 379. The van der Waals surface area contributed by atoms with Crippen molar-refractivity contribution in [1.82, 2.24) is 5.32 Å². The highest BCUT2D eigenvalue weighted by Crippen LogP contribution is 2.28. The van der Waals surface area contributed by atoms with Crippen molar-refractivity contribution < 1.29 is 9.59 Å². The number of rotatable bonds is 12. The summed E-state index contributed by atoms with van der Waals surface area (Å²) in [6.45, 7) is 4.45. The maximum atomic E-state index is 11.7. The van der Waals surface area contributed by atoms with Gasteiger partial charge >= 0.3 is 0 Å². The number of hydrogen-bond donors (Lipinski definition) is 1. The molecule has 0 aromatic rings. The van der Waals surface area contributed by atoms with Gasteiger partial charge in [-0.1, -0.05) is 77.7 Å². The Hall–Kier alpha value is -0.770. The van der Waals surface area contributed by atoms with Gasteiger partial charge in [-0.2, -0.15) is 0 Å². The molecule has 1 N–H and O–H groups in total. The molecule has 1 unspecified atom stereocenters. The van der Waals surface area contributed by atoms with Crippen LogP contribution >= 0.6 is 11.8 Å². The highest BCUT2D eigenvalue weighted by atomic mass is 32.2. The Kier molecular flexibility index (Phi) is 10.3. The smallest absolute Gasteiger partial charge is 0.282 e. The molecule has 3 nitrogen and oxygen atoms in total. The maximum absolute atomic E-state index is 11.7. The minimum Gasteiger partial charge on any atom is -0.282 e. The minimum absolute atomic E-state index is 0.209. The maximum Gasteiger partial charge on any atom is 0.290 e. The van der Waals surface area contributed by atoms with E-state index in [1.54, 1.807) is 0 Å². The first-order chi connectivity index (χ1) is 10.7. The summed E-state index contributed by atoms with van der Waals surface area (Å²) in [6.07, 6.45) is 15.7. The molecule has 1 heterocycles. The van der Waals surface area contributed by atoms with Gasteiger partial charge in [-0.05, 0) is 30.5 Å². The molecule has 0 spiro atoms.